The molecule has 0 aromatic carbocycles. The molecule has 0 aromatic heterocycles. The summed E-state index contributed by atoms with van der Waals surface area (Å²) < 4.78 is 5.64. The Balaban J connectivity index is 0.00000288. The van der Waals surface area contributed by atoms with Gasteiger partial charge >= 0.3 is 0 Å². The summed E-state index contributed by atoms with van der Waals surface area (Å²) in [5, 5.41) is 6.79. The number of nitrogens with one attached hydrogen (secondary N) is 2. The highest BCUT2D eigenvalue weighted by Crippen LogP contribution is 2.21. The first-order valence-corrected chi connectivity index (χ1v) is 9.63. The second kappa shape index (κ2) is 13.2. The van der Waals surface area contributed by atoms with E-state index in [1.807, 2.05) is 0 Å². The van der Waals surface area contributed by atoms with Crippen molar-refractivity contribution in [2.45, 2.75) is 70.4 Å². The topological polar surface area (TPSA) is 48.9 Å². The Hall–Kier alpha value is -0.0800. The van der Waals surface area contributed by atoms with Crippen LogP contribution in [0.5, 0.6) is 0 Å². The van der Waals surface area contributed by atoms with Crippen LogP contribution in [0.15, 0.2) is 4.99 Å². The molecular formula is C18H37IN4O. The molecule has 1 saturated carbocycles. The van der Waals surface area contributed by atoms with Crippen LogP contribution < -0.4 is 10.6 Å². The number of rotatable bonds is 8. The van der Waals surface area contributed by atoms with Gasteiger partial charge in [-0.05, 0) is 52.6 Å². The lowest BCUT2D eigenvalue weighted by molar-refractivity contribution is 0.117. The summed E-state index contributed by atoms with van der Waals surface area (Å²) in [5.41, 5.74) is 0. The molecule has 24 heavy (non-hydrogen) atoms. The lowest BCUT2D eigenvalue weighted by Gasteiger charge is -2.31. The van der Waals surface area contributed by atoms with Gasteiger partial charge in [-0.3, -0.25) is 4.99 Å². The number of hydrogen-bond acceptors (Lipinski definition) is 3. The zero-order chi connectivity index (χ0) is 16.3. The van der Waals surface area contributed by atoms with E-state index in [9.17, 15) is 0 Å². The molecule has 2 rings (SSSR count). The Labute approximate surface area is 165 Å². The molecule has 1 aliphatic heterocycles. The number of ether oxygens (including phenoxy) is 1. The van der Waals surface area contributed by atoms with Crippen LogP contribution in [0.1, 0.15) is 58.3 Å². The highest BCUT2D eigenvalue weighted by molar-refractivity contribution is 14.0. The molecule has 0 spiro atoms. The minimum Gasteiger partial charge on any atom is -0.376 e. The third kappa shape index (κ3) is 8.34. The Morgan fingerprint density at radius 2 is 1.92 bits per heavy atom. The van der Waals surface area contributed by atoms with E-state index in [0.29, 0.717) is 6.10 Å². The van der Waals surface area contributed by atoms with Crippen molar-refractivity contribution in [3.8, 4) is 0 Å². The van der Waals surface area contributed by atoms with E-state index >= 15 is 0 Å². The number of aliphatic imine (C=N–C) groups is 1. The fourth-order valence-electron chi connectivity index (χ4n) is 3.56. The molecule has 1 heterocycles. The van der Waals surface area contributed by atoms with Crippen molar-refractivity contribution in [1.82, 2.24) is 15.5 Å². The minimum absolute atomic E-state index is 0. The van der Waals surface area contributed by atoms with Gasteiger partial charge in [0, 0.05) is 25.7 Å². The molecule has 6 heteroatoms. The van der Waals surface area contributed by atoms with Crippen LogP contribution in [0.25, 0.3) is 0 Å². The van der Waals surface area contributed by atoms with Crippen molar-refractivity contribution in [2.75, 3.05) is 39.8 Å². The molecule has 2 fully saturated rings. The lowest BCUT2D eigenvalue weighted by Crippen LogP contribution is -2.40. The van der Waals surface area contributed by atoms with Crippen molar-refractivity contribution < 1.29 is 4.74 Å². The first kappa shape index (κ1) is 22.0. The molecule has 5 nitrogen and oxygen atoms in total. The van der Waals surface area contributed by atoms with Gasteiger partial charge in [-0.25, -0.2) is 0 Å². The van der Waals surface area contributed by atoms with Crippen LogP contribution in [-0.2, 0) is 4.74 Å². The summed E-state index contributed by atoms with van der Waals surface area (Å²) in [4.78, 5) is 7.21. The van der Waals surface area contributed by atoms with Gasteiger partial charge in [0.1, 0.15) is 0 Å². The molecule has 0 radical (unpaired) electrons. The Bertz CT molecular complexity index is 342. The predicted octanol–water partition coefficient (Wildman–Crippen LogP) is 2.99. The SMILES string of the molecule is CCNC(=NCC1CCCO1)NCCCN(C)C1CCCCC1.I. The van der Waals surface area contributed by atoms with E-state index in [1.54, 1.807) is 0 Å². The molecule has 1 saturated heterocycles. The fraction of sp³-hybridized carbons (Fsp3) is 0.944. The first-order valence-electron chi connectivity index (χ1n) is 9.63. The van der Waals surface area contributed by atoms with Gasteiger partial charge in [0.25, 0.3) is 0 Å². The Kier molecular flexibility index (Phi) is 12.0. The average molecular weight is 452 g/mol. The van der Waals surface area contributed by atoms with Crippen LogP contribution in [0.2, 0.25) is 0 Å². The zero-order valence-corrected chi connectivity index (χ0v) is 17.9. The molecule has 142 valence electrons. The molecule has 0 bridgehead atoms. The molecular weight excluding hydrogens is 415 g/mol. The van der Waals surface area contributed by atoms with Crippen molar-refractivity contribution in [2.24, 2.45) is 4.99 Å². The van der Waals surface area contributed by atoms with Crippen molar-refractivity contribution in [3.05, 3.63) is 0 Å². The summed E-state index contributed by atoms with van der Waals surface area (Å²) in [5.74, 6) is 0.934. The smallest absolute Gasteiger partial charge is 0.191 e. The maximum atomic E-state index is 5.64. The standard InChI is InChI=1S/C18H36N4O.HI/c1-3-19-18(21-15-17-11-7-14-23-17)20-12-8-13-22(2)16-9-5-4-6-10-16;/h16-17H,3-15H2,1-2H3,(H2,19,20,21);1H. The largest absolute Gasteiger partial charge is 0.376 e. The van der Waals surface area contributed by atoms with Crippen LogP contribution in [0.4, 0.5) is 0 Å². The summed E-state index contributed by atoms with van der Waals surface area (Å²) >= 11 is 0. The van der Waals surface area contributed by atoms with Crippen LogP contribution in [0.3, 0.4) is 0 Å². The number of hydrogen-bond donors (Lipinski definition) is 2. The second-order valence-electron chi connectivity index (χ2n) is 6.91. The normalized spacial score (nSPS) is 22.5. The van der Waals surface area contributed by atoms with Gasteiger partial charge in [-0.15, -0.1) is 24.0 Å². The minimum atomic E-state index is 0. The van der Waals surface area contributed by atoms with Crippen molar-refractivity contribution >= 4 is 29.9 Å². The van der Waals surface area contributed by atoms with Crippen LogP contribution in [-0.4, -0.2) is 62.8 Å². The van der Waals surface area contributed by atoms with Crippen LogP contribution >= 0.6 is 24.0 Å². The van der Waals surface area contributed by atoms with Crippen molar-refractivity contribution in [1.29, 1.82) is 0 Å². The quantitative estimate of drug-likeness (QED) is 0.257. The highest BCUT2D eigenvalue weighted by Gasteiger charge is 2.17. The summed E-state index contributed by atoms with van der Waals surface area (Å²) in [6.45, 7) is 6.84. The highest BCUT2D eigenvalue weighted by atomic mass is 127. The van der Waals surface area contributed by atoms with Gasteiger partial charge in [-0.2, -0.15) is 0 Å². The number of nitrogens with zero attached hydrogens (tertiary/aromatic N) is 2. The van der Waals surface area contributed by atoms with Gasteiger partial charge in [0.05, 0.1) is 12.6 Å². The third-order valence-corrected chi connectivity index (χ3v) is 5.00. The van der Waals surface area contributed by atoms with Gasteiger partial charge in [0.2, 0.25) is 0 Å². The summed E-state index contributed by atoms with van der Waals surface area (Å²) in [6.07, 6.45) is 10.8. The predicted molar refractivity (Wildman–Crippen MR) is 112 cm³/mol. The van der Waals surface area contributed by atoms with Crippen LogP contribution in [0, 0.1) is 0 Å². The van der Waals surface area contributed by atoms with Gasteiger partial charge in [0.15, 0.2) is 5.96 Å². The number of guanidine groups is 1. The van der Waals surface area contributed by atoms with E-state index < -0.39 is 0 Å². The third-order valence-electron chi connectivity index (χ3n) is 5.00. The molecule has 0 aromatic rings. The van der Waals surface area contributed by atoms with E-state index in [0.717, 1.165) is 51.1 Å². The molecule has 1 aliphatic carbocycles. The fourth-order valence-corrected chi connectivity index (χ4v) is 3.56. The molecule has 2 aliphatic rings. The molecule has 1 atom stereocenters. The molecule has 0 amide bonds. The van der Waals surface area contributed by atoms with E-state index in [4.69, 9.17) is 4.74 Å². The second-order valence-corrected chi connectivity index (χ2v) is 6.91. The maximum absolute atomic E-state index is 5.64. The Morgan fingerprint density at radius 1 is 1.12 bits per heavy atom. The summed E-state index contributed by atoms with van der Waals surface area (Å²) in [6, 6.07) is 0.810. The Morgan fingerprint density at radius 3 is 2.58 bits per heavy atom. The maximum Gasteiger partial charge on any atom is 0.191 e. The lowest BCUT2D eigenvalue weighted by atomic mass is 9.94. The molecule has 2 N–H and O–H groups in total. The molecule has 1 unspecified atom stereocenters. The van der Waals surface area contributed by atoms with Crippen molar-refractivity contribution in [3.63, 3.8) is 0 Å². The number of halogens is 1. The zero-order valence-electron chi connectivity index (χ0n) is 15.6. The van der Waals surface area contributed by atoms with Gasteiger partial charge < -0.3 is 20.3 Å². The van der Waals surface area contributed by atoms with Gasteiger partial charge in [-0.1, -0.05) is 19.3 Å². The van der Waals surface area contributed by atoms with E-state index in [-0.39, 0.29) is 24.0 Å². The average Bonchev–Trinajstić information content (AvgIpc) is 3.10. The monoisotopic (exact) mass is 452 g/mol. The van der Waals surface area contributed by atoms with E-state index in [2.05, 4.69) is 34.5 Å². The summed E-state index contributed by atoms with van der Waals surface area (Å²) in [7, 11) is 2.28. The first-order chi connectivity index (χ1) is 11.3. The van der Waals surface area contributed by atoms with E-state index in [1.165, 1.54) is 45.1 Å².